The van der Waals surface area contributed by atoms with Crippen LogP contribution in [0, 0.1) is 0 Å². The standard InChI is InChI=1S/C12H12N2OS/c1-15-11-5-3-2-4-9(11)10-8-14-6-7-16-12(14)13-10/h2-5,8H,6-7H2,1H3. The van der Waals surface area contributed by atoms with Gasteiger partial charge in [-0.1, -0.05) is 23.9 Å². The smallest absolute Gasteiger partial charge is 0.168 e. The third-order valence-electron chi connectivity index (χ3n) is 2.69. The van der Waals surface area contributed by atoms with Crippen molar-refractivity contribution in [3.05, 3.63) is 30.5 Å². The van der Waals surface area contributed by atoms with E-state index in [1.54, 1.807) is 7.11 Å². The first-order chi connectivity index (χ1) is 7.88. The van der Waals surface area contributed by atoms with E-state index in [0.717, 1.165) is 34.5 Å². The average molecular weight is 232 g/mol. The summed E-state index contributed by atoms with van der Waals surface area (Å²) in [7, 11) is 1.69. The van der Waals surface area contributed by atoms with Crippen LogP contribution in [0.25, 0.3) is 11.3 Å². The van der Waals surface area contributed by atoms with Crippen molar-refractivity contribution >= 4 is 11.8 Å². The molecule has 2 heterocycles. The summed E-state index contributed by atoms with van der Waals surface area (Å²) in [6.45, 7) is 1.06. The number of fused-ring (bicyclic) bond motifs is 1. The van der Waals surface area contributed by atoms with Crippen molar-refractivity contribution in [2.24, 2.45) is 0 Å². The molecule has 1 aromatic heterocycles. The molecule has 82 valence electrons. The van der Waals surface area contributed by atoms with E-state index in [9.17, 15) is 0 Å². The van der Waals surface area contributed by atoms with Gasteiger partial charge in [0.2, 0.25) is 0 Å². The molecule has 0 atom stereocenters. The maximum Gasteiger partial charge on any atom is 0.168 e. The maximum atomic E-state index is 5.34. The van der Waals surface area contributed by atoms with Gasteiger partial charge in [-0.2, -0.15) is 0 Å². The Kier molecular flexibility index (Phi) is 2.36. The zero-order valence-corrected chi connectivity index (χ0v) is 9.83. The van der Waals surface area contributed by atoms with Crippen LogP contribution in [0.4, 0.5) is 0 Å². The van der Waals surface area contributed by atoms with Crippen molar-refractivity contribution in [3.8, 4) is 17.0 Å². The minimum absolute atomic E-state index is 0.879. The number of hydrogen-bond donors (Lipinski definition) is 0. The molecular weight excluding hydrogens is 220 g/mol. The Morgan fingerprint density at radius 1 is 1.38 bits per heavy atom. The quantitative estimate of drug-likeness (QED) is 0.796. The topological polar surface area (TPSA) is 27.1 Å². The Morgan fingerprint density at radius 3 is 3.06 bits per heavy atom. The second-order valence-electron chi connectivity index (χ2n) is 3.65. The van der Waals surface area contributed by atoms with Crippen molar-refractivity contribution in [2.75, 3.05) is 12.9 Å². The predicted molar refractivity (Wildman–Crippen MR) is 64.9 cm³/mol. The minimum Gasteiger partial charge on any atom is -0.496 e. The minimum atomic E-state index is 0.879. The molecule has 0 spiro atoms. The number of benzene rings is 1. The average Bonchev–Trinajstić information content (AvgIpc) is 2.89. The number of thioether (sulfide) groups is 1. The predicted octanol–water partition coefficient (Wildman–Crippen LogP) is 2.66. The summed E-state index contributed by atoms with van der Waals surface area (Å²) in [6.07, 6.45) is 2.10. The molecule has 3 rings (SSSR count). The third-order valence-corrected chi connectivity index (χ3v) is 3.66. The van der Waals surface area contributed by atoms with Gasteiger partial charge in [0, 0.05) is 24.1 Å². The molecule has 0 aliphatic carbocycles. The van der Waals surface area contributed by atoms with Crippen LogP contribution in [-0.2, 0) is 6.54 Å². The molecule has 0 saturated heterocycles. The van der Waals surface area contributed by atoms with E-state index in [2.05, 4.69) is 15.7 Å². The zero-order chi connectivity index (χ0) is 11.0. The molecule has 0 N–H and O–H groups in total. The molecule has 0 fully saturated rings. The molecule has 3 nitrogen and oxygen atoms in total. The Bertz CT molecular complexity index is 500. The lowest BCUT2D eigenvalue weighted by molar-refractivity contribution is 0.416. The van der Waals surface area contributed by atoms with Gasteiger partial charge in [0.1, 0.15) is 5.75 Å². The SMILES string of the molecule is COc1ccccc1-c1cn2c(n1)SCC2. The number of ether oxygens (including phenoxy) is 1. The van der Waals surface area contributed by atoms with Gasteiger partial charge in [-0.05, 0) is 12.1 Å². The fourth-order valence-corrected chi connectivity index (χ4v) is 2.84. The number of nitrogens with zero attached hydrogens (tertiary/aromatic N) is 2. The Morgan fingerprint density at radius 2 is 2.25 bits per heavy atom. The van der Waals surface area contributed by atoms with E-state index in [4.69, 9.17) is 4.74 Å². The van der Waals surface area contributed by atoms with Crippen molar-refractivity contribution in [3.63, 3.8) is 0 Å². The first-order valence-corrected chi connectivity index (χ1v) is 6.20. The van der Waals surface area contributed by atoms with Gasteiger partial charge in [-0.15, -0.1) is 0 Å². The highest BCUT2D eigenvalue weighted by atomic mass is 32.2. The molecule has 1 aliphatic heterocycles. The molecule has 2 aromatic rings. The van der Waals surface area contributed by atoms with Crippen molar-refractivity contribution in [1.29, 1.82) is 0 Å². The van der Waals surface area contributed by atoms with E-state index in [0.29, 0.717) is 0 Å². The van der Waals surface area contributed by atoms with Crippen LogP contribution in [0.1, 0.15) is 0 Å². The summed E-state index contributed by atoms with van der Waals surface area (Å²) in [4.78, 5) is 4.62. The van der Waals surface area contributed by atoms with E-state index in [1.807, 2.05) is 36.0 Å². The number of aryl methyl sites for hydroxylation is 1. The van der Waals surface area contributed by atoms with Gasteiger partial charge in [-0.3, -0.25) is 0 Å². The number of hydrogen-bond acceptors (Lipinski definition) is 3. The molecule has 0 bridgehead atoms. The van der Waals surface area contributed by atoms with Crippen LogP contribution >= 0.6 is 11.8 Å². The van der Waals surface area contributed by atoms with Gasteiger partial charge in [-0.25, -0.2) is 4.98 Å². The van der Waals surface area contributed by atoms with Gasteiger partial charge < -0.3 is 9.30 Å². The largest absolute Gasteiger partial charge is 0.496 e. The molecular formula is C12H12N2OS. The lowest BCUT2D eigenvalue weighted by atomic mass is 10.1. The fourth-order valence-electron chi connectivity index (χ4n) is 1.90. The molecule has 1 aliphatic rings. The number of imidazole rings is 1. The molecule has 4 heteroatoms. The van der Waals surface area contributed by atoms with Crippen LogP contribution in [0.3, 0.4) is 0 Å². The Balaban J connectivity index is 2.08. The van der Waals surface area contributed by atoms with Gasteiger partial charge in [0.25, 0.3) is 0 Å². The van der Waals surface area contributed by atoms with Crippen LogP contribution in [0.5, 0.6) is 5.75 Å². The lowest BCUT2D eigenvalue weighted by Gasteiger charge is -2.04. The number of para-hydroxylation sites is 1. The normalized spacial score (nSPS) is 13.8. The van der Waals surface area contributed by atoms with Crippen molar-refractivity contribution in [2.45, 2.75) is 11.7 Å². The van der Waals surface area contributed by atoms with E-state index in [1.165, 1.54) is 0 Å². The maximum absolute atomic E-state index is 5.34. The second kappa shape index (κ2) is 3.87. The summed E-state index contributed by atoms with van der Waals surface area (Å²) >= 11 is 1.81. The van der Waals surface area contributed by atoms with E-state index >= 15 is 0 Å². The van der Waals surface area contributed by atoms with Gasteiger partial charge >= 0.3 is 0 Å². The van der Waals surface area contributed by atoms with Crippen LogP contribution in [0.15, 0.2) is 35.6 Å². The molecule has 0 unspecified atom stereocenters. The number of rotatable bonds is 2. The van der Waals surface area contributed by atoms with Crippen LogP contribution < -0.4 is 4.74 Å². The zero-order valence-electron chi connectivity index (χ0n) is 9.01. The van der Waals surface area contributed by atoms with Gasteiger partial charge in [0.05, 0.1) is 12.8 Å². The summed E-state index contributed by atoms with van der Waals surface area (Å²) < 4.78 is 7.55. The fraction of sp³-hybridized carbons (Fsp3) is 0.250. The molecule has 1 aromatic carbocycles. The van der Waals surface area contributed by atoms with Crippen LogP contribution in [0.2, 0.25) is 0 Å². The highest BCUT2D eigenvalue weighted by Gasteiger charge is 2.16. The molecule has 16 heavy (non-hydrogen) atoms. The molecule has 0 amide bonds. The first-order valence-electron chi connectivity index (χ1n) is 5.22. The summed E-state index contributed by atoms with van der Waals surface area (Å²) in [5.74, 6) is 2.01. The molecule has 0 saturated carbocycles. The Hall–Kier alpha value is -1.42. The highest BCUT2D eigenvalue weighted by molar-refractivity contribution is 7.99. The Labute approximate surface area is 98.5 Å². The monoisotopic (exact) mass is 232 g/mol. The van der Waals surface area contributed by atoms with Crippen molar-refractivity contribution in [1.82, 2.24) is 9.55 Å². The van der Waals surface area contributed by atoms with E-state index < -0.39 is 0 Å². The first kappa shape index (κ1) is 9.78. The van der Waals surface area contributed by atoms with Gasteiger partial charge in [0.15, 0.2) is 5.16 Å². The van der Waals surface area contributed by atoms with E-state index in [-0.39, 0.29) is 0 Å². The number of aromatic nitrogens is 2. The third kappa shape index (κ3) is 1.50. The molecule has 0 radical (unpaired) electrons. The summed E-state index contributed by atoms with van der Waals surface area (Å²) in [5.41, 5.74) is 2.06. The van der Waals surface area contributed by atoms with Crippen molar-refractivity contribution < 1.29 is 4.74 Å². The van der Waals surface area contributed by atoms with Crippen LogP contribution in [-0.4, -0.2) is 22.4 Å². The summed E-state index contributed by atoms with van der Waals surface area (Å²) in [6, 6.07) is 7.99. The lowest BCUT2D eigenvalue weighted by Crippen LogP contribution is -1.90. The highest BCUT2D eigenvalue weighted by Crippen LogP contribution is 2.33. The summed E-state index contributed by atoms with van der Waals surface area (Å²) in [5, 5.41) is 1.11. The number of methoxy groups -OCH3 is 1. The second-order valence-corrected chi connectivity index (χ2v) is 4.71.